The van der Waals surface area contributed by atoms with Crippen LogP contribution in [0.25, 0.3) is 11.2 Å². The molecule has 0 saturated heterocycles. The van der Waals surface area contributed by atoms with Gasteiger partial charge in [-0.3, -0.25) is 9.36 Å². The topological polar surface area (TPSA) is 139 Å². The van der Waals surface area contributed by atoms with Gasteiger partial charge in [0.25, 0.3) is 0 Å². The van der Waals surface area contributed by atoms with Gasteiger partial charge in [-0.05, 0) is 46.2 Å². The summed E-state index contributed by atoms with van der Waals surface area (Å²) in [4.78, 5) is 27.4. The minimum atomic E-state index is -1.68. The number of carbonyl (C=O) groups is 1. The smallest absolute Gasteiger partial charge is 0.323 e. The predicted octanol–water partition coefficient (Wildman–Crippen LogP) is 4.04. The minimum absolute atomic E-state index is 0.158. The number of esters is 1. The van der Waals surface area contributed by atoms with Crippen LogP contribution in [0, 0.1) is 0 Å². The number of hydrogen-bond donors (Lipinski definition) is 2. The molecule has 3 rings (SSSR count). The van der Waals surface area contributed by atoms with Crippen molar-refractivity contribution in [2.24, 2.45) is 0 Å². The van der Waals surface area contributed by atoms with Crippen molar-refractivity contribution < 1.29 is 23.3 Å². The van der Waals surface area contributed by atoms with Gasteiger partial charge in [0.1, 0.15) is 18.0 Å². The number of fused-ring (bicyclic) bond motifs is 1. The van der Waals surface area contributed by atoms with Crippen LogP contribution >= 0.6 is 8.53 Å². The fourth-order valence-electron chi connectivity index (χ4n) is 3.46. The molecule has 0 aliphatic rings. The third-order valence-corrected chi connectivity index (χ3v) is 6.75. The van der Waals surface area contributed by atoms with Gasteiger partial charge in [0.2, 0.25) is 5.95 Å². The summed E-state index contributed by atoms with van der Waals surface area (Å²) in [7, 11) is 2.07. The molecule has 0 bridgehead atoms. The van der Waals surface area contributed by atoms with Crippen LogP contribution < -0.4 is 20.2 Å². The Balaban J connectivity index is 1.70. The Morgan fingerprint density at radius 3 is 2.50 bits per heavy atom. The first-order valence-corrected chi connectivity index (χ1v) is 13.7. The Kier molecular flexibility index (Phi) is 10.6. The number of ether oxygens (including phenoxy) is 2. The second-order valence-electron chi connectivity index (χ2n) is 9.18. The molecule has 12 nitrogen and oxygen atoms in total. The highest BCUT2D eigenvalue weighted by atomic mass is 31.2. The van der Waals surface area contributed by atoms with Gasteiger partial charge in [0.05, 0.1) is 25.1 Å². The van der Waals surface area contributed by atoms with E-state index >= 15 is 0 Å². The molecule has 2 heterocycles. The van der Waals surface area contributed by atoms with E-state index in [1.807, 2.05) is 67.7 Å². The molecular formula is C25H38N7O5P. The van der Waals surface area contributed by atoms with Gasteiger partial charge in [-0.1, -0.05) is 25.1 Å². The zero-order valence-corrected chi connectivity index (χ0v) is 23.9. The van der Waals surface area contributed by atoms with Gasteiger partial charge in [-0.2, -0.15) is 9.97 Å². The Bertz CT molecular complexity index is 1180. The molecule has 3 N–H and O–H groups in total. The van der Waals surface area contributed by atoms with Crippen molar-refractivity contribution in [3.63, 3.8) is 0 Å². The molecule has 0 spiro atoms. The standard InChI is InChI=1S/C25H38N7O5P/c1-8-19(36-18(5)32-15-27-21-22(31(6)7)28-25(26)29-23(21)32)14-34-38(37-20-12-10-9-11-13-20)30-17(4)24(33)35-16(2)3/h9-13,15-19,30H,8,14H2,1-7H3,(H2,26,28,29)/t17-,18+,19?,38?/m0/s1. The van der Waals surface area contributed by atoms with Crippen LogP contribution in [0.4, 0.5) is 11.8 Å². The average Bonchev–Trinajstić information content (AvgIpc) is 3.29. The summed E-state index contributed by atoms with van der Waals surface area (Å²) in [5.74, 6) is 1.03. The van der Waals surface area contributed by atoms with E-state index < -0.39 is 20.8 Å². The summed E-state index contributed by atoms with van der Waals surface area (Å²) in [6, 6.07) is 8.66. The number of aromatic nitrogens is 4. The summed E-state index contributed by atoms with van der Waals surface area (Å²) < 4.78 is 25.6. The maximum Gasteiger partial charge on any atom is 0.323 e. The van der Waals surface area contributed by atoms with Gasteiger partial charge in [0, 0.05) is 14.1 Å². The number of nitrogens with one attached hydrogen (secondary N) is 1. The van der Waals surface area contributed by atoms with Crippen molar-refractivity contribution in [1.29, 1.82) is 0 Å². The first kappa shape index (κ1) is 29.5. The van der Waals surface area contributed by atoms with Crippen LogP contribution in [0.5, 0.6) is 5.75 Å². The lowest BCUT2D eigenvalue weighted by molar-refractivity contribution is -0.149. The van der Waals surface area contributed by atoms with Crippen LogP contribution in [0.15, 0.2) is 36.7 Å². The van der Waals surface area contributed by atoms with E-state index in [1.54, 1.807) is 27.1 Å². The molecule has 13 heteroatoms. The Labute approximate surface area is 224 Å². The predicted molar refractivity (Wildman–Crippen MR) is 148 cm³/mol. The normalized spacial score (nSPS) is 14.7. The number of nitrogens with two attached hydrogens (primary N) is 1. The van der Waals surface area contributed by atoms with Crippen molar-refractivity contribution >= 4 is 37.4 Å². The van der Waals surface area contributed by atoms with Gasteiger partial charge in [-0.25, -0.2) is 10.1 Å². The van der Waals surface area contributed by atoms with E-state index in [0.717, 1.165) is 0 Å². The van der Waals surface area contributed by atoms with Crippen LogP contribution in [-0.4, -0.2) is 64.4 Å². The number of para-hydroxylation sites is 1. The first-order valence-electron chi connectivity index (χ1n) is 12.5. The number of nitrogens with zero attached hydrogens (tertiary/aromatic N) is 5. The average molecular weight is 548 g/mol. The SMILES string of the molecule is CCC(COP(N[C@@H](C)C(=O)OC(C)C)Oc1ccccc1)O[C@H](C)n1cnc2c(N(C)C)nc(N)nc21. The largest absolute Gasteiger partial charge is 0.462 e. The number of anilines is 2. The molecule has 0 fully saturated rings. The lowest BCUT2D eigenvalue weighted by Crippen LogP contribution is -2.35. The molecule has 38 heavy (non-hydrogen) atoms. The maximum absolute atomic E-state index is 12.4. The second-order valence-corrected chi connectivity index (χ2v) is 10.4. The van der Waals surface area contributed by atoms with Gasteiger partial charge < -0.3 is 29.2 Å². The first-order chi connectivity index (χ1) is 18.1. The van der Waals surface area contributed by atoms with Crippen molar-refractivity contribution in [2.45, 2.75) is 65.5 Å². The zero-order valence-electron chi connectivity index (χ0n) is 23.0. The summed E-state index contributed by atoms with van der Waals surface area (Å²) >= 11 is 0. The second kappa shape index (κ2) is 13.7. The molecule has 0 radical (unpaired) electrons. The minimum Gasteiger partial charge on any atom is -0.462 e. The molecule has 3 aromatic rings. The zero-order chi connectivity index (χ0) is 27.8. The van der Waals surface area contributed by atoms with E-state index in [4.69, 9.17) is 24.3 Å². The van der Waals surface area contributed by atoms with Crippen LogP contribution in [0.2, 0.25) is 0 Å². The number of benzene rings is 1. The lowest BCUT2D eigenvalue weighted by Gasteiger charge is -2.26. The van der Waals surface area contributed by atoms with E-state index in [0.29, 0.717) is 29.2 Å². The lowest BCUT2D eigenvalue weighted by atomic mass is 10.3. The molecule has 0 amide bonds. The number of nitrogen functional groups attached to an aromatic ring is 1. The van der Waals surface area contributed by atoms with Gasteiger partial charge in [-0.15, -0.1) is 0 Å². The number of imidazole rings is 1. The molecule has 0 saturated carbocycles. The summed E-state index contributed by atoms with van der Waals surface area (Å²) in [6.45, 7) is 9.47. The monoisotopic (exact) mass is 547 g/mol. The van der Waals surface area contributed by atoms with Crippen molar-refractivity contribution in [2.75, 3.05) is 31.3 Å². The quantitative estimate of drug-likeness (QED) is 0.223. The van der Waals surface area contributed by atoms with Crippen LogP contribution in [0.1, 0.15) is 47.3 Å². The molecule has 208 valence electrons. The van der Waals surface area contributed by atoms with Crippen molar-refractivity contribution in [3.8, 4) is 5.75 Å². The molecule has 2 unspecified atom stereocenters. The molecule has 1 aromatic carbocycles. The molecule has 0 aliphatic carbocycles. The van der Waals surface area contributed by atoms with Crippen LogP contribution in [-0.2, 0) is 18.8 Å². The Morgan fingerprint density at radius 1 is 1.16 bits per heavy atom. The summed E-state index contributed by atoms with van der Waals surface area (Å²) in [6.07, 6.45) is 1.43. The number of hydrogen-bond acceptors (Lipinski definition) is 11. The van der Waals surface area contributed by atoms with Gasteiger partial charge >= 0.3 is 14.5 Å². The third-order valence-electron chi connectivity index (χ3n) is 5.39. The highest BCUT2D eigenvalue weighted by molar-refractivity contribution is 7.45. The number of rotatable bonds is 14. The van der Waals surface area contributed by atoms with Crippen molar-refractivity contribution in [3.05, 3.63) is 36.7 Å². The maximum atomic E-state index is 12.4. The Morgan fingerprint density at radius 2 is 1.87 bits per heavy atom. The number of carbonyl (C=O) groups excluding carboxylic acids is 1. The van der Waals surface area contributed by atoms with E-state index in [9.17, 15) is 4.79 Å². The van der Waals surface area contributed by atoms with E-state index in [-0.39, 0.29) is 30.7 Å². The molecule has 4 atom stereocenters. The highest BCUT2D eigenvalue weighted by Crippen LogP contribution is 2.37. The fraction of sp³-hybridized carbons (Fsp3) is 0.520. The van der Waals surface area contributed by atoms with E-state index in [2.05, 4.69) is 20.0 Å². The fourth-order valence-corrected chi connectivity index (χ4v) is 4.67. The summed E-state index contributed by atoms with van der Waals surface area (Å²) in [5.41, 5.74) is 7.16. The molecular weight excluding hydrogens is 509 g/mol. The van der Waals surface area contributed by atoms with Gasteiger partial charge in [0.15, 0.2) is 17.0 Å². The molecule has 2 aromatic heterocycles. The Hall–Kier alpha value is -3.05. The highest BCUT2D eigenvalue weighted by Gasteiger charge is 2.25. The third kappa shape index (κ3) is 7.97. The van der Waals surface area contributed by atoms with Crippen molar-refractivity contribution in [1.82, 2.24) is 24.6 Å². The summed E-state index contributed by atoms with van der Waals surface area (Å²) in [5, 5.41) is 3.12. The van der Waals surface area contributed by atoms with E-state index in [1.165, 1.54) is 0 Å². The molecule has 0 aliphatic heterocycles. The van der Waals surface area contributed by atoms with Crippen LogP contribution in [0.3, 0.4) is 0 Å².